The van der Waals surface area contributed by atoms with E-state index in [9.17, 15) is 10.2 Å². The van der Waals surface area contributed by atoms with Gasteiger partial charge in [-0.2, -0.15) is 10.2 Å². The summed E-state index contributed by atoms with van der Waals surface area (Å²) in [5.41, 5.74) is 4.56. The molecule has 3 aromatic carbocycles. The molecule has 0 atom stereocenters. The lowest BCUT2D eigenvalue weighted by Gasteiger charge is -2.22. The molecule has 0 saturated heterocycles. The van der Waals surface area contributed by atoms with Crippen molar-refractivity contribution in [2.24, 2.45) is 10.2 Å². The third-order valence-corrected chi connectivity index (χ3v) is 5.94. The summed E-state index contributed by atoms with van der Waals surface area (Å²) in [4.78, 5) is 2.62. The zero-order chi connectivity index (χ0) is 26.6. The summed E-state index contributed by atoms with van der Waals surface area (Å²) in [5.74, 6) is 0.738. The van der Waals surface area contributed by atoms with Crippen LogP contribution in [0.15, 0.2) is 70.9 Å². The zero-order valence-corrected chi connectivity index (χ0v) is 20.9. The first-order valence-corrected chi connectivity index (χ1v) is 11.7. The van der Waals surface area contributed by atoms with Crippen molar-refractivity contribution in [1.82, 2.24) is 40.6 Å². The summed E-state index contributed by atoms with van der Waals surface area (Å²) in [6.45, 7) is 5.48. The largest absolute Gasteiger partial charge is 0.508 e. The Kier molecular flexibility index (Phi) is 6.68. The van der Waals surface area contributed by atoms with E-state index in [2.05, 4.69) is 41.3 Å². The van der Waals surface area contributed by atoms with Crippen molar-refractivity contribution in [3.8, 4) is 11.5 Å². The minimum absolute atomic E-state index is 0.0787. The molecule has 12 nitrogen and oxygen atoms in total. The Labute approximate surface area is 217 Å². The van der Waals surface area contributed by atoms with Crippen molar-refractivity contribution in [2.75, 3.05) is 0 Å². The normalized spacial score (nSPS) is 11.8. The van der Waals surface area contributed by atoms with E-state index in [4.69, 9.17) is 0 Å². The van der Waals surface area contributed by atoms with Crippen LogP contribution < -0.4 is 0 Å². The molecule has 2 aromatic heterocycles. The predicted molar refractivity (Wildman–Crippen MR) is 139 cm³/mol. The quantitative estimate of drug-likeness (QED) is 0.251. The highest BCUT2D eigenvalue weighted by Crippen LogP contribution is 2.41. The number of hydrogen-bond acceptors (Lipinski definition) is 10. The lowest BCUT2D eigenvalue weighted by Crippen LogP contribution is -2.06. The first kappa shape index (κ1) is 24.4. The summed E-state index contributed by atoms with van der Waals surface area (Å²) >= 11 is 0. The van der Waals surface area contributed by atoms with E-state index < -0.39 is 5.92 Å². The van der Waals surface area contributed by atoms with Crippen LogP contribution in [0.2, 0.25) is 0 Å². The molecule has 0 fully saturated rings. The van der Waals surface area contributed by atoms with E-state index in [1.807, 2.05) is 43.3 Å². The standard InChI is InChI=1S/C26H24N10O2/c1-16-5-4-6-21(11-16)26(22-12-19(7-9-24(22)37)14-27-35-17(2)29-31-33-35)23-13-20(8-10-25(23)38)15-28-36-18(3)30-32-34-36/h4-15,26,37-38H,1-3H3/b27-14+,28-15+. The second-order valence-electron chi connectivity index (χ2n) is 8.70. The molecule has 2 heterocycles. The molecular formula is C26H24N10O2. The number of phenols is 2. The highest BCUT2D eigenvalue weighted by Gasteiger charge is 2.24. The molecule has 38 heavy (non-hydrogen) atoms. The molecule has 0 spiro atoms. The second kappa shape index (κ2) is 10.4. The van der Waals surface area contributed by atoms with Crippen LogP contribution in [0.25, 0.3) is 0 Å². The summed E-state index contributed by atoms with van der Waals surface area (Å²) in [7, 11) is 0. The molecule has 0 saturated carbocycles. The molecule has 0 aliphatic rings. The van der Waals surface area contributed by atoms with Crippen LogP contribution in [0, 0.1) is 20.8 Å². The van der Waals surface area contributed by atoms with Gasteiger partial charge in [0.05, 0.1) is 12.4 Å². The van der Waals surface area contributed by atoms with Crippen LogP contribution in [0.5, 0.6) is 11.5 Å². The summed E-state index contributed by atoms with van der Waals surface area (Å²) in [6, 6.07) is 18.3. The number of aromatic nitrogens is 8. The van der Waals surface area contributed by atoms with Crippen LogP contribution in [0.1, 0.15) is 50.9 Å². The minimum Gasteiger partial charge on any atom is -0.508 e. The monoisotopic (exact) mass is 508 g/mol. The van der Waals surface area contributed by atoms with E-state index in [-0.39, 0.29) is 11.5 Å². The molecule has 5 aromatic rings. The van der Waals surface area contributed by atoms with Crippen molar-refractivity contribution in [3.63, 3.8) is 0 Å². The SMILES string of the molecule is Cc1cccc(C(c2cc(/C=N/n3nnnc3C)ccc2O)c2cc(/C=N/n3nnnc3C)ccc2O)c1. The van der Waals surface area contributed by atoms with Gasteiger partial charge in [-0.05, 0) is 94.7 Å². The fraction of sp³-hybridized carbons (Fsp3) is 0.154. The molecule has 0 bridgehead atoms. The Bertz CT molecular complexity index is 1550. The second-order valence-corrected chi connectivity index (χ2v) is 8.70. The van der Waals surface area contributed by atoms with Crippen LogP contribution in [-0.2, 0) is 0 Å². The maximum atomic E-state index is 11.0. The molecule has 0 aliphatic carbocycles. The fourth-order valence-electron chi connectivity index (χ4n) is 4.06. The third-order valence-electron chi connectivity index (χ3n) is 5.94. The number of benzene rings is 3. The molecule has 12 heteroatoms. The van der Waals surface area contributed by atoms with Crippen molar-refractivity contribution in [3.05, 3.63) is 106 Å². The topological polar surface area (TPSA) is 152 Å². The molecule has 0 amide bonds. The molecule has 190 valence electrons. The Balaban J connectivity index is 1.61. The molecular weight excluding hydrogens is 484 g/mol. The van der Waals surface area contributed by atoms with Crippen molar-refractivity contribution in [1.29, 1.82) is 0 Å². The number of phenolic OH excluding ortho intramolecular Hbond substituents is 2. The fourth-order valence-corrected chi connectivity index (χ4v) is 4.06. The lowest BCUT2D eigenvalue weighted by molar-refractivity contribution is 0.458. The van der Waals surface area contributed by atoms with Gasteiger partial charge in [0.2, 0.25) is 0 Å². The Morgan fingerprint density at radius 2 is 1.24 bits per heavy atom. The Hall–Kier alpha value is -5.26. The Morgan fingerprint density at radius 1 is 0.711 bits per heavy atom. The number of nitrogens with zero attached hydrogens (tertiary/aromatic N) is 10. The highest BCUT2D eigenvalue weighted by atomic mass is 16.3. The van der Waals surface area contributed by atoms with Crippen LogP contribution >= 0.6 is 0 Å². The smallest absolute Gasteiger partial charge is 0.173 e. The van der Waals surface area contributed by atoms with Gasteiger partial charge in [-0.25, -0.2) is 0 Å². The van der Waals surface area contributed by atoms with Gasteiger partial charge in [0.15, 0.2) is 11.6 Å². The molecule has 0 aliphatic heterocycles. The number of tetrazole rings is 2. The molecule has 5 rings (SSSR count). The summed E-state index contributed by atoms with van der Waals surface area (Å²) < 4.78 is 0. The van der Waals surface area contributed by atoms with Crippen molar-refractivity contribution < 1.29 is 10.2 Å². The first-order valence-electron chi connectivity index (χ1n) is 11.7. The summed E-state index contributed by atoms with van der Waals surface area (Å²) in [6.07, 6.45) is 3.22. The Morgan fingerprint density at radius 3 is 1.68 bits per heavy atom. The van der Waals surface area contributed by atoms with Gasteiger partial charge in [-0.15, -0.1) is 19.8 Å². The average Bonchev–Trinajstić information content (AvgIpc) is 3.51. The van der Waals surface area contributed by atoms with Gasteiger partial charge < -0.3 is 10.2 Å². The predicted octanol–water partition coefficient (Wildman–Crippen LogP) is 2.94. The van der Waals surface area contributed by atoms with E-state index >= 15 is 0 Å². The molecule has 2 N–H and O–H groups in total. The number of aromatic hydroxyl groups is 2. The van der Waals surface area contributed by atoms with E-state index in [0.717, 1.165) is 22.3 Å². The van der Waals surface area contributed by atoms with Crippen LogP contribution in [0.4, 0.5) is 0 Å². The number of hydrogen-bond donors (Lipinski definition) is 2. The summed E-state index contributed by atoms with van der Waals surface area (Å²) in [5, 5.41) is 53.1. The van der Waals surface area contributed by atoms with Crippen molar-refractivity contribution in [2.45, 2.75) is 26.7 Å². The lowest BCUT2D eigenvalue weighted by atomic mass is 9.82. The van der Waals surface area contributed by atoms with Gasteiger partial charge in [-0.1, -0.05) is 29.8 Å². The zero-order valence-electron chi connectivity index (χ0n) is 20.9. The van der Waals surface area contributed by atoms with Gasteiger partial charge in [0.1, 0.15) is 11.5 Å². The molecule has 0 radical (unpaired) electrons. The van der Waals surface area contributed by atoms with E-state index in [1.54, 1.807) is 50.5 Å². The minimum atomic E-state index is -0.499. The van der Waals surface area contributed by atoms with E-state index in [1.165, 1.54) is 9.58 Å². The highest BCUT2D eigenvalue weighted by molar-refractivity contribution is 5.82. The maximum Gasteiger partial charge on any atom is 0.173 e. The van der Waals surface area contributed by atoms with E-state index in [0.29, 0.717) is 22.8 Å². The van der Waals surface area contributed by atoms with Crippen LogP contribution in [0.3, 0.4) is 0 Å². The first-order chi connectivity index (χ1) is 18.4. The van der Waals surface area contributed by atoms with Gasteiger partial charge >= 0.3 is 0 Å². The van der Waals surface area contributed by atoms with Gasteiger partial charge in [0, 0.05) is 17.0 Å². The average molecular weight is 509 g/mol. The van der Waals surface area contributed by atoms with Crippen LogP contribution in [-0.4, -0.2) is 63.3 Å². The number of aryl methyl sites for hydroxylation is 3. The maximum absolute atomic E-state index is 11.0. The van der Waals surface area contributed by atoms with Crippen molar-refractivity contribution >= 4 is 12.4 Å². The third kappa shape index (κ3) is 5.14. The van der Waals surface area contributed by atoms with Gasteiger partial charge in [-0.3, -0.25) is 0 Å². The molecule has 0 unspecified atom stereocenters. The number of rotatable bonds is 7. The van der Waals surface area contributed by atoms with Gasteiger partial charge in [0.25, 0.3) is 0 Å².